The van der Waals surface area contributed by atoms with Gasteiger partial charge in [-0.1, -0.05) is 17.7 Å². The second kappa shape index (κ2) is 8.44. The lowest BCUT2D eigenvalue weighted by Crippen LogP contribution is -2.38. The number of allylic oxidation sites excluding steroid dienone is 1. The first-order valence-electron chi connectivity index (χ1n) is 9.47. The van der Waals surface area contributed by atoms with Gasteiger partial charge < -0.3 is 5.11 Å². The van der Waals surface area contributed by atoms with Crippen molar-refractivity contribution >= 4 is 39.1 Å². The minimum atomic E-state index is -3.76. The average Bonchev–Trinajstić information content (AvgIpc) is 3.23. The Balaban J connectivity index is 1.80. The number of hydrogen-bond donors (Lipinski definition) is 1. The van der Waals surface area contributed by atoms with E-state index in [1.54, 1.807) is 12.1 Å². The molecular weight excluding hydrogens is 412 g/mol. The maximum absolute atomic E-state index is 12.9. The molecule has 0 aliphatic heterocycles. The molecule has 0 aromatic heterocycles. The number of hydrogen-bond acceptors (Lipinski definition) is 6. The van der Waals surface area contributed by atoms with Gasteiger partial charge in [-0.3, -0.25) is 14.4 Å². The fourth-order valence-corrected chi connectivity index (χ4v) is 6.97. The van der Waals surface area contributed by atoms with Gasteiger partial charge in [0.2, 0.25) is 0 Å². The standard InChI is InChI=1S/C21H24O6S2/c1-12-3-5-15(6-4-12)29(26,27)8-7-17(23)21-16-9-14(20(21)13(2)22)10-18(16)28-11-19(24)25/h3-8,14,16,18,20-21H,9-11H2,1-2H3,(H,24,25)/b8-7+. The molecule has 2 saturated carbocycles. The van der Waals surface area contributed by atoms with Crippen molar-refractivity contribution in [3.05, 3.63) is 41.3 Å². The van der Waals surface area contributed by atoms with Gasteiger partial charge in [0.25, 0.3) is 0 Å². The van der Waals surface area contributed by atoms with Crippen molar-refractivity contribution in [3.8, 4) is 0 Å². The summed E-state index contributed by atoms with van der Waals surface area (Å²) in [6.07, 6.45) is 2.51. The van der Waals surface area contributed by atoms with Gasteiger partial charge in [-0.25, -0.2) is 8.42 Å². The Morgan fingerprint density at radius 3 is 2.38 bits per heavy atom. The third-order valence-corrected chi connectivity index (χ3v) is 8.73. The summed E-state index contributed by atoms with van der Waals surface area (Å²) in [5.74, 6) is -2.42. The number of carboxylic acids is 1. The van der Waals surface area contributed by atoms with Gasteiger partial charge in [-0.2, -0.15) is 0 Å². The quantitative estimate of drug-likeness (QED) is 0.625. The third kappa shape index (κ3) is 4.64. The highest BCUT2D eigenvalue weighted by molar-refractivity contribution is 8.00. The summed E-state index contributed by atoms with van der Waals surface area (Å²) in [4.78, 5) is 36.1. The molecule has 1 N–H and O–H groups in total. The van der Waals surface area contributed by atoms with Crippen LogP contribution in [-0.2, 0) is 24.2 Å². The van der Waals surface area contributed by atoms with Crippen LogP contribution in [0.3, 0.4) is 0 Å². The molecule has 2 aliphatic rings. The Hall–Kier alpha value is -1.93. The van der Waals surface area contributed by atoms with Gasteiger partial charge in [-0.05, 0) is 56.7 Å². The lowest BCUT2D eigenvalue weighted by molar-refractivity contribution is -0.134. The molecule has 2 aliphatic carbocycles. The fraction of sp³-hybridized carbons (Fsp3) is 0.476. The van der Waals surface area contributed by atoms with Crippen molar-refractivity contribution in [1.29, 1.82) is 0 Å². The maximum Gasteiger partial charge on any atom is 0.313 e. The van der Waals surface area contributed by atoms with Gasteiger partial charge in [0.05, 0.1) is 10.6 Å². The van der Waals surface area contributed by atoms with Crippen LogP contribution < -0.4 is 0 Å². The van der Waals surface area contributed by atoms with Crippen LogP contribution in [0.5, 0.6) is 0 Å². The summed E-state index contributed by atoms with van der Waals surface area (Å²) < 4.78 is 25.0. The van der Waals surface area contributed by atoms with Gasteiger partial charge in [0, 0.05) is 22.5 Å². The van der Waals surface area contributed by atoms with E-state index in [0.29, 0.717) is 6.42 Å². The lowest BCUT2D eigenvalue weighted by Gasteiger charge is -2.32. The summed E-state index contributed by atoms with van der Waals surface area (Å²) in [5.41, 5.74) is 0.931. The van der Waals surface area contributed by atoms with Gasteiger partial charge in [0.15, 0.2) is 15.6 Å². The Labute approximate surface area is 174 Å². The van der Waals surface area contributed by atoms with Crippen molar-refractivity contribution in [2.75, 3.05) is 5.75 Å². The molecule has 5 atom stereocenters. The molecule has 0 amide bonds. The van der Waals surface area contributed by atoms with E-state index in [-0.39, 0.29) is 39.3 Å². The van der Waals surface area contributed by atoms with Crippen molar-refractivity contribution in [2.45, 2.75) is 36.8 Å². The molecule has 0 heterocycles. The molecule has 8 heteroatoms. The zero-order valence-corrected chi connectivity index (χ0v) is 17.9. The van der Waals surface area contributed by atoms with Gasteiger partial charge in [-0.15, -0.1) is 11.8 Å². The number of Topliss-reactive ketones (excluding diaryl/α,β-unsaturated/α-hetero) is 1. The first kappa shape index (κ1) is 21.8. The first-order valence-corrected chi connectivity index (χ1v) is 12.1. The van der Waals surface area contributed by atoms with Crippen LogP contribution in [0.25, 0.3) is 0 Å². The predicted octanol–water partition coefficient (Wildman–Crippen LogP) is 2.90. The number of rotatable bonds is 8. The number of aryl methyl sites for hydroxylation is 1. The number of carbonyl (C=O) groups excluding carboxylic acids is 2. The number of ketones is 2. The van der Waals surface area contributed by atoms with Crippen LogP contribution in [0.2, 0.25) is 0 Å². The predicted molar refractivity (Wildman–Crippen MR) is 110 cm³/mol. The molecule has 2 bridgehead atoms. The lowest BCUT2D eigenvalue weighted by atomic mass is 9.75. The minimum Gasteiger partial charge on any atom is -0.481 e. The van der Waals surface area contributed by atoms with E-state index in [1.165, 1.54) is 30.8 Å². The molecule has 156 valence electrons. The van der Waals surface area contributed by atoms with Crippen molar-refractivity contribution in [2.24, 2.45) is 23.7 Å². The Morgan fingerprint density at radius 2 is 1.79 bits per heavy atom. The van der Waals surface area contributed by atoms with Gasteiger partial charge in [0.1, 0.15) is 5.78 Å². The maximum atomic E-state index is 12.9. The second-order valence-corrected chi connectivity index (χ2v) is 10.9. The summed E-state index contributed by atoms with van der Waals surface area (Å²) in [5, 5.41) is 9.86. The van der Waals surface area contributed by atoms with E-state index < -0.39 is 27.6 Å². The molecule has 5 unspecified atom stereocenters. The monoisotopic (exact) mass is 436 g/mol. The van der Waals surface area contributed by atoms with E-state index in [1.807, 2.05) is 6.92 Å². The number of fused-ring (bicyclic) bond motifs is 2. The van der Waals surface area contributed by atoms with E-state index in [9.17, 15) is 22.8 Å². The highest BCUT2D eigenvalue weighted by Crippen LogP contribution is 2.56. The number of carbonyl (C=O) groups is 3. The molecule has 6 nitrogen and oxygen atoms in total. The smallest absolute Gasteiger partial charge is 0.313 e. The normalized spacial score (nSPS) is 28.7. The Morgan fingerprint density at radius 1 is 1.14 bits per heavy atom. The molecule has 0 spiro atoms. The van der Waals surface area contributed by atoms with Crippen LogP contribution in [0, 0.1) is 30.6 Å². The number of benzene rings is 1. The molecule has 1 aromatic carbocycles. The van der Waals surface area contributed by atoms with Crippen LogP contribution >= 0.6 is 11.8 Å². The molecular formula is C21H24O6S2. The van der Waals surface area contributed by atoms with E-state index in [0.717, 1.165) is 23.5 Å². The Bertz CT molecular complexity index is 948. The van der Waals surface area contributed by atoms with Gasteiger partial charge >= 0.3 is 5.97 Å². The summed E-state index contributed by atoms with van der Waals surface area (Å²) in [6, 6.07) is 6.37. The SMILES string of the molecule is CC(=O)C1C2CC(SCC(=O)O)C(C2)C1C(=O)/C=C/S(=O)(=O)c1ccc(C)cc1. The molecule has 2 fully saturated rings. The minimum absolute atomic E-state index is 0.00255. The third-order valence-electron chi connectivity index (χ3n) is 5.92. The topological polar surface area (TPSA) is 106 Å². The van der Waals surface area contributed by atoms with Crippen molar-refractivity contribution in [3.63, 3.8) is 0 Å². The molecule has 0 saturated heterocycles. The molecule has 3 rings (SSSR count). The highest BCUT2D eigenvalue weighted by atomic mass is 32.2. The number of thioether (sulfide) groups is 1. The highest BCUT2D eigenvalue weighted by Gasteiger charge is 2.56. The second-order valence-electron chi connectivity index (χ2n) is 7.86. The summed E-state index contributed by atoms with van der Waals surface area (Å²) in [7, 11) is -3.76. The number of sulfone groups is 1. The molecule has 1 aromatic rings. The van der Waals surface area contributed by atoms with Crippen LogP contribution in [0.15, 0.2) is 40.6 Å². The van der Waals surface area contributed by atoms with E-state index >= 15 is 0 Å². The van der Waals surface area contributed by atoms with E-state index in [2.05, 4.69) is 0 Å². The zero-order valence-electron chi connectivity index (χ0n) is 16.3. The zero-order chi connectivity index (χ0) is 21.3. The van der Waals surface area contributed by atoms with Crippen molar-refractivity contribution < 1.29 is 27.9 Å². The largest absolute Gasteiger partial charge is 0.481 e. The van der Waals surface area contributed by atoms with Crippen molar-refractivity contribution in [1.82, 2.24) is 0 Å². The van der Waals surface area contributed by atoms with Crippen LogP contribution in [0.1, 0.15) is 25.3 Å². The molecule has 29 heavy (non-hydrogen) atoms. The molecule has 0 radical (unpaired) electrons. The first-order chi connectivity index (χ1) is 13.6. The average molecular weight is 437 g/mol. The van der Waals surface area contributed by atoms with Crippen LogP contribution in [-0.4, -0.2) is 42.1 Å². The van der Waals surface area contributed by atoms with E-state index in [4.69, 9.17) is 5.11 Å². The number of aliphatic carboxylic acids is 1. The number of carboxylic acid groups (broad SMARTS) is 1. The summed E-state index contributed by atoms with van der Waals surface area (Å²) in [6.45, 7) is 3.32. The summed E-state index contributed by atoms with van der Waals surface area (Å²) >= 11 is 1.31. The van der Waals surface area contributed by atoms with Crippen LogP contribution in [0.4, 0.5) is 0 Å². The fourth-order valence-electron chi connectivity index (χ4n) is 4.72. The Kier molecular flexibility index (Phi) is 6.33.